The zero-order valence-corrected chi connectivity index (χ0v) is 11.8. The normalized spacial score (nSPS) is 38.0. The van der Waals surface area contributed by atoms with Crippen LogP contribution >= 0.6 is 0 Å². The van der Waals surface area contributed by atoms with Crippen molar-refractivity contribution in [1.29, 1.82) is 0 Å². The first kappa shape index (κ1) is 12.2. The molecule has 1 aromatic rings. The minimum absolute atomic E-state index is 0.0393. The SMILES string of the molecule is Cc1cc(NC(=O)NC23CC4CC(CC(C4)C2)C3)no1. The maximum Gasteiger partial charge on any atom is 0.320 e. The zero-order valence-electron chi connectivity index (χ0n) is 11.8. The van der Waals surface area contributed by atoms with Crippen molar-refractivity contribution in [3.63, 3.8) is 0 Å². The van der Waals surface area contributed by atoms with E-state index in [4.69, 9.17) is 4.52 Å². The van der Waals surface area contributed by atoms with E-state index in [1.807, 2.05) is 6.92 Å². The molecule has 0 aromatic carbocycles. The smallest absolute Gasteiger partial charge is 0.320 e. The molecule has 0 unspecified atom stereocenters. The molecule has 5 nitrogen and oxygen atoms in total. The van der Waals surface area contributed by atoms with Crippen LogP contribution in [0.15, 0.2) is 10.6 Å². The number of hydrogen-bond acceptors (Lipinski definition) is 3. The van der Waals surface area contributed by atoms with Crippen molar-refractivity contribution in [1.82, 2.24) is 10.5 Å². The summed E-state index contributed by atoms with van der Waals surface area (Å²) in [5, 5.41) is 9.84. The number of urea groups is 1. The maximum atomic E-state index is 12.2. The first-order chi connectivity index (χ1) is 9.60. The highest BCUT2D eigenvalue weighted by atomic mass is 16.5. The first-order valence-electron chi connectivity index (χ1n) is 7.63. The quantitative estimate of drug-likeness (QED) is 0.871. The van der Waals surface area contributed by atoms with Crippen LogP contribution in [0.25, 0.3) is 0 Å². The van der Waals surface area contributed by atoms with E-state index in [9.17, 15) is 4.79 Å². The predicted octanol–water partition coefficient (Wildman–Crippen LogP) is 3.07. The number of rotatable bonds is 2. The fourth-order valence-electron chi connectivity index (χ4n) is 5.08. The van der Waals surface area contributed by atoms with Gasteiger partial charge in [-0.05, 0) is 63.2 Å². The number of amides is 2. The third-order valence-corrected chi connectivity index (χ3v) is 5.29. The highest BCUT2D eigenvalue weighted by Crippen LogP contribution is 2.55. The van der Waals surface area contributed by atoms with Crippen molar-refractivity contribution in [2.45, 2.75) is 51.0 Å². The lowest BCUT2D eigenvalue weighted by atomic mass is 9.53. The number of aromatic nitrogens is 1. The van der Waals surface area contributed by atoms with E-state index in [2.05, 4.69) is 15.8 Å². The van der Waals surface area contributed by atoms with E-state index in [0.29, 0.717) is 11.6 Å². The van der Waals surface area contributed by atoms with Crippen LogP contribution in [0.5, 0.6) is 0 Å². The van der Waals surface area contributed by atoms with Crippen LogP contribution in [0.1, 0.15) is 44.3 Å². The monoisotopic (exact) mass is 275 g/mol. The highest BCUT2D eigenvalue weighted by molar-refractivity contribution is 5.88. The molecule has 4 bridgehead atoms. The molecule has 0 aliphatic heterocycles. The van der Waals surface area contributed by atoms with E-state index in [1.165, 1.54) is 19.3 Å². The van der Waals surface area contributed by atoms with Crippen molar-refractivity contribution < 1.29 is 9.32 Å². The van der Waals surface area contributed by atoms with Gasteiger partial charge in [-0.1, -0.05) is 5.16 Å². The summed E-state index contributed by atoms with van der Waals surface area (Å²) in [4.78, 5) is 12.2. The third kappa shape index (κ3) is 2.09. The fourth-order valence-corrected chi connectivity index (χ4v) is 5.08. The molecule has 2 N–H and O–H groups in total. The van der Waals surface area contributed by atoms with Gasteiger partial charge in [0.1, 0.15) is 5.76 Å². The Labute approximate surface area is 118 Å². The van der Waals surface area contributed by atoms with Crippen LogP contribution in [0.2, 0.25) is 0 Å². The summed E-state index contributed by atoms with van der Waals surface area (Å²) in [6, 6.07) is 1.60. The predicted molar refractivity (Wildman–Crippen MR) is 74.3 cm³/mol. The summed E-state index contributed by atoms with van der Waals surface area (Å²) in [5.41, 5.74) is 0.0393. The highest BCUT2D eigenvalue weighted by Gasteiger charge is 2.51. The minimum Gasteiger partial charge on any atom is -0.360 e. The van der Waals surface area contributed by atoms with Crippen LogP contribution in [-0.2, 0) is 0 Å². The fraction of sp³-hybridized carbons (Fsp3) is 0.733. The second-order valence-electron chi connectivity index (χ2n) is 7.10. The average Bonchev–Trinajstić information content (AvgIpc) is 2.71. The largest absolute Gasteiger partial charge is 0.360 e. The molecule has 108 valence electrons. The molecule has 1 aromatic heterocycles. The van der Waals surface area contributed by atoms with Gasteiger partial charge < -0.3 is 9.84 Å². The van der Waals surface area contributed by atoms with Gasteiger partial charge in [-0.2, -0.15) is 0 Å². The number of carbonyl (C=O) groups is 1. The Morgan fingerprint density at radius 2 is 1.85 bits per heavy atom. The van der Waals surface area contributed by atoms with Crippen molar-refractivity contribution in [2.75, 3.05) is 5.32 Å². The summed E-state index contributed by atoms with van der Waals surface area (Å²) in [6.07, 6.45) is 7.61. The molecular weight excluding hydrogens is 254 g/mol. The van der Waals surface area contributed by atoms with Gasteiger partial charge >= 0.3 is 6.03 Å². The summed E-state index contributed by atoms with van der Waals surface area (Å²) in [7, 11) is 0. The molecule has 4 saturated carbocycles. The van der Waals surface area contributed by atoms with E-state index < -0.39 is 0 Å². The van der Waals surface area contributed by atoms with Crippen LogP contribution in [-0.4, -0.2) is 16.7 Å². The van der Waals surface area contributed by atoms with E-state index in [1.54, 1.807) is 6.07 Å². The Balaban J connectivity index is 1.44. The van der Waals surface area contributed by atoms with Crippen LogP contribution in [0.4, 0.5) is 10.6 Å². The molecule has 2 amide bonds. The number of anilines is 1. The molecule has 5 rings (SSSR count). The summed E-state index contributed by atoms with van der Waals surface area (Å²) < 4.78 is 4.97. The Kier molecular flexibility index (Phi) is 2.59. The molecule has 1 heterocycles. The van der Waals surface area contributed by atoms with Gasteiger partial charge in [0.15, 0.2) is 5.82 Å². The molecule has 0 radical (unpaired) electrons. The summed E-state index contributed by atoms with van der Waals surface area (Å²) in [6.45, 7) is 1.81. The molecule has 0 spiro atoms. The Morgan fingerprint density at radius 3 is 2.35 bits per heavy atom. The van der Waals surface area contributed by atoms with Gasteiger partial charge in [-0.15, -0.1) is 0 Å². The van der Waals surface area contributed by atoms with Gasteiger partial charge in [0, 0.05) is 11.6 Å². The standard InChI is InChI=1S/C15H21N3O2/c1-9-2-13(18-20-9)16-14(19)17-15-6-10-3-11(7-15)5-12(4-10)8-15/h2,10-12H,3-8H2,1H3,(H2,16,17,18,19). The van der Waals surface area contributed by atoms with Gasteiger partial charge in [0.05, 0.1) is 0 Å². The Hall–Kier alpha value is -1.52. The zero-order chi connectivity index (χ0) is 13.7. The molecule has 4 fully saturated rings. The lowest BCUT2D eigenvalue weighted by molar-refractivity contribution is -0.0127. The maximum absolute atomic E-state index is 12.2. The van der Waals surface area contributed by atoms with Gasteiger partial charge in [0.2, 0.25) is 0 Å². The van der Waals surface area contributed by atoms with Crippen LogP contribution in [0.3, 0.4) is 0 Å². The lowest BCUT2D eigenvalue weighted by Crippen LogP contribution is -2.60. The topological polar surface area (TPSA) is 67.2 Å². The molecule has 4 aliphatic rings. The number of carbonyl (C=O) groups excluding carboxylic acids is 1. The number of aryl methyl sites for hydroxylation is 1. The van der Waals surface area contributed by atoms with Crippen LogP contribution in [0, 0.1) is 24.7 Å². The van der Waals surface area contributed by atoms with E-state index >= 15 is 0 Å². The number of nitrogens with zero attached hydrogens (tertiary/aromatic N) is 1. The summed E-state index contributed by atoms with van der Waals surface area (Å²) in [5.74, 6) is 3.68. The summed E-state index contributed by atoms with van der Waals surface area (Å²) >= 11 is 0. The molecule has 0 atom stereocenters. The van der Waals surface area contributed by atoms with Gasteiger partial charge in [0.25, 0.3) is 0 Å². The van der Waals surface area contributed by atoms with Gasteiger partial charge in [-0.25, -0.2) is 4.79 Å². The second-order valence-corrected chi connectivity index (χ2v) is 7.10. The molecule has 5 heteroatoms. The van der Waals surface area contributed by atoms with Gasteiger partial charge in [-0.3, -0.25) is 5.32 Å². The van der Waals surface area contributed by atoms with Crippen molar-refractivity contribution >= 4 is 11.8 Å². The average molecular weight is 275 g/mol. The molecular formula is C15H21N3O2. The minimum atomic E-state index is -0.139. The second kappa shape index (κ2) is 4.24. The third-order valence-electron chi connectivity index (χ3n) is 5.29. The van der Waals surface area contributed by atoms with E-state index in [-0.39, 0.29) is 11.6 Å². The Morgan fingerprint density at radius 1 is 1.25 bits per heavy atom. The molecule has 0 saturated heterocycles. The van der Waals surface area contributed by atoms with Crippen molar-refractivity contribution in [2.24, 2.45) is 17.8 Å². The Bertz CT molecular complexity index is 502. The number of hydrogen-bond donors (Lipinski definition) is 2. The molecule has 20 heavy (non-hydrogen) atoms. The first-order valence-corrected chi connectivity index (χ1v) is 7.63. The van der Waals surface area contributed by atoms with Crippen LogP contribution < -0.4 is 10.6 Å². The molecule has 4 aliphatic carbocycles. The van der Waals surface area contributed by atoms with Crippen molar-refractivity contribution in [3.05, 3.63) is 11.8 Å². The number of nitrogens with one attached hydrogen (secondary N) is 2. The van der Waals surface area contributed by atoms with Crippen molar-refractivity contribution in [3.8, 4) is 0 Å². The lowest BCUT2D eigenvalue weighted by Gasteiger charge is -2.56. The van der Waals surface area contributed by atoms with E-state index in [0.717, 1.165) is 37.0 Å².